The van der Waals surface area contributed by atoms with Crippen LogP contribution in [0, 0.1) is 6.92 Å². The van der Waals surface area contributed by atoms with Crippen molar-refractivity contribution < 1.29 is 14.3 Å². The minimum absolute atomic E-state index is 0.246. The maximum Gasteiger partial charge on any atom is 0.341 e. The van der Waals surface area contributed by atoms with Crippen LogP contribution in [-0.4, -0.2) is 43.3 Å². The van der Waals surface area contributed by atoms with E-state index in [1.54, 1.807) is 25.2 Å². The molecule has 9 nitrogen and oxygen atoms in total. The van der Waals surface area contributed by atoms with Crippen LogP contribution >= 0.6 is 23.1 Å². The van der Waals surface area contributed by atoms with Gasteiger partial charge in [0, 0.05) is 16.6 Å². The van der Waals surface area contributed by atoms with Crippen LogP contribution in [0.4, 0.5) is 5.00 Å². The Morgan fingerprint density at radius 2 is 2.20 bits per heavy atom. The van der Waals surface area contributed by atoms with Crippen molar-refractivity contribution in [1.29, 1.82) is 0 Å². The smallest absolute Gasteiger partial charge is 0.341 e. The van der Waals surface area contributed by atoms with Crippen LogP contribution < -0.4 is 10.9 Å². The molecule has 0 saturated heterocycles. The fraction of sp³-hybridized carbons (Fsp3) is 0.421. The van der Waals surface area contributed by atoms with Gasteiger partial charge >= 0.3 is 5.97 Å². The van der Waals surface area contributed by atoms with Gasteiger partial charge in [-0.15, -0.1) is 21.5 Å². The first-order valence-electron chi connectivity index (χ1n) is 9.63. The van der Waals surface area contributed by atoms with Gasteiger partial charge in [0.25, 0.3) is 5.56 Å². The van der Waals surface area contributed by atoms with E-state index in [-0.39, 0.29) is 18.1 Å². The van der Waals surface area contributed by atoms with Gasteiger partial charge in [-0.1, -0.05) is 11.8 Å². The largest absolute Gasteiger partial charge is 0.462 e. The lowest BCUT2D eigenvalue weighted by Gasteiger charge is -2.12. The molecule has 1 amide bonds. The number of nitrogens with zero attached hydrogens (tertiary/aromatic N) is 3. The molecule has 0 bridgehead atoms. The molecule has 2 N–H and O–H groups in total. The average molecular weight is 448 g/mol. The summed E-state index contributed by atoms with van der Waals surface area (Å²) in [6, 6.07) is 1.45. The predicted molar refractivity (Wildman–Crippen MR) is 115 cm³/mol. The number of nitrogens with one attached hydrogen (secondary N) is 2. The van der Waals surface area contributed by atoms with E-state index in [9.17, 15) is 14.4 Å². The van der Waals surface area contributed by atoms with Crippen LogP contribution in [-0.2, 0) is 22.4 Å². The van der Waals surface area contributed by atoms with Gasteiger partial charge in [0.2, 0.25) is 11.7 Å². The number of esters is 1. The summed E-state index contributed by atoms with van der Waals surface area (Å²) in [7, 11) is 0. The number of carbonyl (C=O) groups is 2. The van der Waals surface area contributed by atoms with E-state index in [0.717, 1.165) is 29.7 Å². The first-order valence-corrected chi connectivity index (χ1v) is 11.3. The standard InChI is InChI=1S/C19H21N5O4S2/c1-4-28-17(27)14-11-6-5-7-12(11)30-16(14)21-15(26)10(3)29-19-23-22-18-20-13(25)8-9(2)24(18)19/h8,10H,4-7H2,1-3H3,(H,21,26)(H,20,22,25)/t10-/m0/s1. The second-order valence-corrected chi connectivity index (χ2v) is 9.36. The number of hydrogen-bond donors (Lipinski definition) is 2. The molecule has 158 valence electrons. The summed E-state index contributed by atoms with van der Waals surface area (Å²) >= 11 is 2.67. The Bertz CT molecular complexity index is 1200. The summed E-state index contributed by atoms with van der Waals surface area (Å²) in [6.07, 6.45) is 2.74. The van der Waals surface area contributed by atoms with Crippen molar-refractivity contribution in [3.05, 3.63) is 38.1 Å². The molecule has 1 atom stereocenters. The van der Waals surface area contributed by atoms with Gasteiger partial charge in [0.15, 0.2) is 5.16 Å². The maximum atomic E-state index is 12.9. The van der Waals surface area contributed by atoms with E-state index in [1.807, 2.05) is 0 Å². The highest BCUT2D eigenvalue weighted by molar-refractivity contribution is 8.00. The number of ether oxygens (including phenoxy) is 1. The second kappa shape index (κ2) is 8.23. The topological polar surface area (TPSA) is 118 Å². The molecule has 0 unspecified atom stereocenters. The van der Waals surface area contributed by atoms with Crippen molar-refractivity contribution in [2.75, 3.05) is 11.9 Å². The van der Waals surface area contributed by atoms with Crippen molar-refractivity contribution in [2.24, 2.45) is 0 Å². The van der Waals surface area contributed by atoms with E-state index in [1.165, 1.54) is 29.2 Å². The molecular weight excluding hydrogens is 426 g/mol. The van der Waals surface area contributed by atoms with Crippen LogP contribution in [0.15, 0.2) is 16.0 Å². The van der Waals surface area contributed by atoms with E-state index in [2.05, 4.69) is 20.5 Å². The third-order valence-corrected chi connectivity index (χ3v) is 7.10. The summed E-state index contributed by atoms with van der Waals surface area (Å²) in [5, 5.41) is 11.5. The van der Waals surface area contributed by atoms with E-state index in [0.29, 0.717) is 27.2 Å². The van der Waals surface area contributed by atoms with E-state index < -0.39 is 11.2 Å². The molecule has 1 aliphatic rings. The first kappa shape index (κ1) is 20.6. The molecular formula is C19H21N5O4S2. The molecule has 0 aromatic carbocycles. The van der Waals surface area contributed by atoms with Gasteiger partial charge in [-0.25, -0.2) is 4.79 Å². The van der Waals surface area contributed by atoms with Gasteiger partial charge in [0.1, 0.15) is 5.00 Å². The van der Waals surface area contributed by atoms with Gasteiger partial charge in [0.05, 0.1) is 17.4 Å². The van der Waals surface area contributed by atoms with Crippen LogP contribution in [0.2, 0.25) is 0 Å². The quantitative estimate of drug-likeness (QED) is 0.440. The highest BCUT2D eigenvalue weighted by atomic mass is 32.2. The zero-order valence-electron chi connectivity index (χ0n) is 16.8. The summed E-state index contributed by atoms with van der Waals surface area (Å²) in [6.45, 7) is 5.58. The minimum Gasteiger partial charge on any atom is -0.462 e. The normalized spacial score (nSPS) is 14.0. The Labute approximate surface area is 180 Å². The van der Waals surface area contributed by atoms with Gasteiger partial charge in [-0.2, -0.15) is 0 Å². The minimum atomic E-state index is -0.504. The number of aromatic amines is 1. The predicted octanol–water partition coefficient (Wildman–Crippen LogP) is 2.57. The molecule has 0 aliphatic heterocycles. The zero-order valence-corrected chi connectivity index (χ0v) is 18.4. The fourth-order valence-electron chi connectivity index (χ4n) is 3.48. The molecule has 3 aromatic rings. The number of thiophene rings is 1. The lowest BCUT2D eigenvalue weighted by Crippen LogP contribution is -2.23. The fourth-order valence-corrected chi connectivity index (χ4v) is 5.67. The third-order valence-electron chi connectivity index (χ3n) is 4.85. The molecule has 4 rings (SSSR count). The van der Waals surface area contributed by atoms with Crippen molar-refractivity contribution in [1.82, 2.24) is 19.6 Å². The summed E-state index contributed by atoms with van der Waals surface area (Å²) in [5.74, 6) is -0.311. The van der Waals surface area contributed by atoms with Gasteiger partial charge < -0.3 is 10.1 Å². The number of amides is 1. The zero-order chi connectivity index (χ0) is 21.4. The molecule has 0 spiro atoms. The third kappa shape index (κ3) is 3.74. The van der Waals surface area contributed by atoms with Crippen LogP contribution in [0.1, 0.15) is 46.8 Å². The van der Waals surface area contributed by atoms with Crippen molar-refractivity contribution in [3.63, 3.8) is 0 Å². The van der Waals surface area contributed by atoms with Crippen LogP contribution in [0.3, 0.4) is 0 Å². The van der Waals surface area contributed by atoms with Crippen molar-refractivity contribution in [3.8, 4) is 0 Å². The SMILES string of the molecule is CCOC(=O)c1c(NC(=O)[C@H](C)Sc2nnc3[nH]c(=O)cc(C)n23)sc2c1CCC2. The number of fused-ring (bicyclic) bond motifs is 2. The molecule has 3 aromatic heterocycles. The first-order chi connectivity index (χ1) is 14.4. The summed E-state index contributed by atoms with van der Waals surface area (Å²) < 4.78 is 6.91. The van der Waals surface area contributed by atoms with Crippen LogP contribution in [0.25, 0.3) is 5.78 Å². The Morgan fingerprint density at radius 3 is 2.97 bits per heavy atom. The van der Waals surface area contributed by atoms with E-state index >= 15 is 0 Å². The Morgan fingerprint density at radius 1 is 1.40 bits per heavy atom. The number of aromatic nitrogens is 4. The number of rotatable bonds is 6. The lowest BCUT2D eigenvalue weighted by atomic mass is 10.1. The molecule has 3 heterocycles. The molecule has 1 aliphatic carbocycles. The second-order valence-electron chi connectivity index (χ2n) is 6.95. The Balaban J connectivity index is 1.55. The highest BCUT2D eigenvalue weighted by Crippen LogP contribution is 2.40. The highest BCUT2D eigenvalue weighted by Gasteiger charge is 2.29. The Hall–Kier alpha value is -2.66. The number of H-pyrrole nitrogens is 1. The maximum absolute atomic E-state index is 12.9. The Kier molecular flexibility index (Phi) is 5.65. The summed E-state index contributed by atoms with van der Waals surface area (Å²) in [5.41, 5.74) is 1.90. The average Bonchev–Trinajstić information content (AvgIpc) is 3.36. The van der Waals surface area contributed by atoms with Gasteiger partial charge in [-0.3, -0.25) is 19.0 Å². The number of anilines is 1. The van der Waals surface area contributed by atoms with Crippen LogP contribution in [0.5, 0.6) is 0 Å². The number of carbonyl (C=O) groups excluding carboxylic acids is 2. The molecule has 0 saturated carbocycles. The van der Waals surface area contributed by atoms with Gasteiger partial charge in [-0.05, 0) is 45.6 Å². The number of aryl methyl sites for hydroxylation is 2. The molecule has 11 heteroatoms. The molecule has 0 radical (unpaired) electrons. The number of thioether (sulfide) groups is 1. The molecule has 0 fully saturated rings. The molecule has 30 heavy (non-hydrogen) atoms. The van der Waals surface area contributed by atoms with Crippen molar-refractivity contribution >= 4 is 45.8 Å². The monoisotopic (exact) mass is 447 g/mol. The van der Waals surface area contributed by atoms with E-state index in [4.69, 9.17) is 4.74 Å². The number of hydrogen-bond acceptors (Lipinski definition) is 8. The lowest BCUT2D eigenvalue weighted by molar-refractivity contribution is -0.115. The van der Waals surface area contributed by atoms with Crippen molar-refractivity contribution in [2.45, 2.75) is 50.4 Å². The summed E-state index contributed by atoms with van der Waals surface area (Å²) in [4.78, 5) is 40.7.